The average molecular weight is 463 g/mol. The maximum Gasteiger partial charge on any atom is 0.295 e. The number of nitrogens with one attached hydrogen (secondary N) is 1. The van der Waals surface area contributed by atoms with Gasteiger partial charge in [0.25, 0.3) is 6.01 Å². The number of fused-ring (bicyclic) bond motifs is 2. The van der Waals surface area contributed by atoms with Gasteiger partial charge in [0.1, 0.15) is 18.3 Å². The van der Waals surface area contributed by atoms with E-state index in [4.69, 9.17) is 25.8 Å². The number of aliphatic hydroxyl groups is 1. The van der Waals surface area contributed by atoms with Crippen LogP contribution in [0.2, 0.25) is 5.02 Å². The van der Waals surface area contributed by atoms with Gasteiger partial charge in [0.2, 0.25) is 0 Å². The van der Waals surface area contributed by atoms with Crippen molar-refractivity contribution in [2.24, 2.45) is 0 Å². The van der Waals surface area contributed by atoms with E-state index in [1.165, 1.54) is 11.1 Å². The monoisotopic (exact) mass is 462 g/mol. The third-order valence-electron chi connectivity index (χ3n) is 6.37. The highest BCUT2D eigenvalue weighted by atomic mass is 35.5. The lowest BCUT2D eigenvalue weighted by Gasteiger charge is -2.15. The highest BCUT2D eigenvalue weighted by molar-refractivity contribution is 6.34. The first-order valence-corrected chi connectivity index (χ1v) is 11.4. The van der Waals surface area contributed by atoms with Crippen LogP contribution in [0.5, 0.6) is 6.01 Å². The van der Waals surface area contributed by atoms with Gasteiger partial charge in [0.05, 0.1) is 29.3 Å². The molecule has 168 valence electrons. The first-order chi connectivity index (χ1) is 16.0. The number of aliphatic hydroxyl groups excluding tert-OH is 1. The van der Waals surface area contributed by atoms with Gasteiger partial charge in [-0.3, -0.25) is 0 Å². The molecule has 0 aliphatic carbocycles. The predicted octanol–water partition coefficient (Wildman–Crippen LogP) is 4.76. The van der Waals surface area contributed by atoms with Crippen molar-refractivity contribution in [3.63, 3.8) is 0 Å². The van der Waals surface area contributed by atoms with Crippen molar-refractivity contribution in [1.29, 1.82) is 0 Å². The summed E-state index contributed by atoms with van der Waals surface area (Å²) in [6.07, 6.45) is -1.57. The van der Waals surface area contributed by atoms with Gasteiger partial charge in [0.15, 0.2) is 6.10 Å². The Hall–Kier alpha value is -2.90. The summed E-state index contributed by atoms with van der Waals surface area (Å²) in [5.74, 6) is 0. The number of aryl methyl sites for hydroxylation is 1. The van der Waals surface area contributed by atoms with Crippen LogP contribution in [0.25, 0.3) is 33.3 Å². The second-order valence-corrected chi connectivity index (χ2v) is 9.06. The van der Waals surface area contributed by atoms with Crippen molar-refractivity contribution in [3.05, 3.63) is 71.2 Å². The molecule has 2 N–H and O–H groups in total. The van der Waals surface area contributed by atoms with E-state index in [2.05, 4.69) is 65.4 Å². The minimum Gasteiger partial charge on any atom is -0.456 e. The number of hydrogen-bond donors (Lipinski definition) is 2. The van der Waals surface area contributed by atoms with Crippen LogP contribution in [0.3, 0.4) is 0 Å². The number of H-pyrrole nitrogens is 1. The van der Waals surface area contributed by atoms with Crippen LogP contribution < -0.4 is 4.74 Å². The number of hydrogen-bond acceptors (Lipinski definition) is 5. The van der Waals surface area contributed by atoms with E-state index in [9.17, 15) is 5.11 Å². The molecule has 2 saturated heterocycles. The normalized spacial score (nSPS) is 24.3. The zero-order valence-corrected chi connectivity index (χ0v) is 18.8. The molecule has 2 aliphatic heterocycles. The van der Waals surface area contributed by atoms with Gasteiger partial charge in [-0.05, 0) is 35.7 Å². The fourth-order valence-corrected chi connectivity index (χ4v) is 4.83. The van der Waals surface area contributed by atoms with E-state index in [1.54, 1.807) is 0 Å². The molecular formula is C26H23ClN2O4. The molecule has 0 saturated carbocycles. The second-order valence-electron chi connectivity index (χ2n) is 8.65. The Balaban J connectivity index is 1.25. The topological polar surface area (TPSA) is 76.6 Å². The van der Waals surface area contributed by atoms with Crippen LogP contribution in [0.4, 0.5) is 0 Å². The van der Waals surface area contributed by atoms with Crippen LogP contribution in [-0.4, -0.2) is 52.7 Å². The third kappa shape index (κ3) is 3.79. The summed E-state index contributed by atoms with van der Waals surface area (Å²) in [6.45, 7) is 2.70. The fraction of sp³-hybridized carbons (Fsp3) is 0.269. The van der Waals surface area contributed by atoms with Gasteiger partial charge < -0.3 is 24.3 Å². The van der Waals surface area contributed by atoms with E-state index in [0.29, 0.717) is 17.6 Å². The number of ether oxygens (including phenoxy) is 3. The molecule has 7 heteroatoms. The summed E-state index contributed by atoms with van der Waals surface area (Å²) in [6, 6.07) is 21.1. The number of benzene rings is 3. The molecule has 2 aliphatic rings. The lowest BCUT2D eigenvalue weighted by atomic mass is 9.99. The summed E-state index contributed by atoms with van der Waals surface area (Å²) in [5.41, 5.74) is 7.05. The Morgan fingerprint density at radius 3 is 2.36 bits per heavy atom. The fourth-order valence-electron chi connectivity index (χ4n) is 4.56. The summed E-state index contributed by atoms with van der Waals surface area (Å²) in [7, 11) is 0. The number of rotatable bonds is 4. The maximum absolute atomic E-state index is 9.92. The largest absolute Gasteiger partial charge is 0.456 e. The zero-order chi connectivity index (χ0) is 22.5. The summed E-state index contributed by atoms with van der Waals surface area (Å²) in [5, 5.41) is 10.5. The smallest absolute Gasteiger partial charge is 0.295 e. The van der Waals surface area contributed by atoms with E-state index < -0.39 is 6.10 Å². The standard InChI is InChI=1S/C26H23ClN2O4/c1-14-2-4-15(5-3-14)16-6-8-17(9-7-16)18-10-20-21(11-19(18)27)29-26(28-20)33-23-13-32-24-22(30)12-31-25(23)24/h2-11,22-25,30H,12-13H2,1H3,(H,28,29)/t22-,23-,24-,25-/m1/s1. The van der Waals surface area contributed by atoms with Crippen LogP contribution in [0.15, 0.2) is 60.7 Å². The molecule has 6 rings (SSSR count). The van der Waals surface area contributed by atoms with Crippen molar-refractivity contribution in [2.75, 3.05) is 13.2 Å². The van der Waals surface area contributed by atoms with Crippen molar-refractivity contribution >= 4 is 22.6 Å². The predicted molar refractivity (Wildman–Crippen MR) is 127 cm³/mol. The molecule has 6 nitrogen and oxygen atoms in total. The lowest BCUT2D eigenvalue weighted by molar-refractivity contribution is 0.00706. The van der Waals surface area contributed by atoms with Gasteiger partial charge in [-0.2, -0.15) is 4.98 Å². The highest BCUT2D eigenvalue weighted by Crippen LogP contribution is 2.35. The number of halogens is 1. The molecule has 0 amide bonds. The van der Waals surface area contributed by atoms with Crippen molar-refractivity contribution in [1.82, 2.24) is 9.97 Å². The van der Waals surface area contributed by atoms with E-state index in [1.807, 2.05) is 12.1 Å². The van der Waals surface area contributed by atoms with Crippen molar-refractivity contribution < 1.29 is 19.3 Å². The lowest BCUT2D eigenvalue weighted by Crippen LogP contribution is -2.34. The minimum absolute atomic E-state index is 0.261. The molecule has 0 spiro atoms. The van der Waals surface area contributed by atoms with Gasteiger partial charge in [-0.1, -0.05) is 65.7 Å². The molecule has 3 heterocycles. The van der Waals surface area contributed by atoms with Crippen molar-refractivity contribution in [3.8, 4) is 28.3 Å². The van der Waals surface area contributed by atoms with E-state index >= 15 is 0 Å². The Labute approximate surface area is 196 Å². The maximum atomic E-state index is 9.92. The van der Waals surface area contributed by atoms with Crippen LogP contribution >= 0.6 is 11.6 Å². The first-order valence-electron chi connectivity index (χ1n) is 11.0. The van der Waals surface area contributed by atoms with Crippen molar-refractivity contribution in [2.45, 2.75) is 31.3 Å². The minimum atomic E-state index is -0.613. The Morgan fingerprint density at radius 2 is 1.61 bits per heavy atom. The molecular weight excluding hydrogens is 440 g/mol. The summed E-state index contributed by atoms with van der Waals surface area (Å²) >= 11 is 6.62. The van der Waals surface area contributed by atoms with Crippen LogP contribution in [0.1, 0.15) is 5.56 Å². The quantitative estimate of drug-likeness (QED) is 0.457. The molecule has 4 atom stereocenters. The van der Waals surface area contributed by atoms with Crippen LogP contribution in [0, 0.1) is 6.92 Å². The summed E-state index contributed by atoms with van der Waals surface area (Å²) < 4.78 is 17.3. The molecule has 1 aromatic heterocycles. The number of aromatic amines is 1. The molecule has 2 fully saturated rings. The summed E-state index contributed by atoms with van der Waals surface area (Å²) in [4.78, 5) is 7.78. The van der Waals surface area contributed by atoms with Gasteiger partial charge >= 0.3 is 0 Å². The number of aromatic nitrogens is 2. The van der Waals surface area contributed by atoms with E-state index in [0.717, 1.165) is 27.7 Å². The SMILES string of the molecule is Cc1ccc(-c2ccc(-c3cc4nc(O[C@@H]5CO[C@H]6[C@@H]5OC[C@H]6O)[nH]c4cc3Cl)cc2)cc1. The van der Waals surface area contributed by atoms with Gasteiger partial charge in [-0.25, -0.2) is 0 Å². The number of imidazole rings is 1. The van der Waals surface area contributed by atoms with E-state index in [-0.39, 0.29) is 24.9 Å². The highest BCUT2D eigenvalue weighted by Gasteiger charge is 2.48. The number of nitrogens with zero attached hydrogens (tertiary/aromatic N) is 1. The molecule has 3 aromatic carbocycles. The molecule has 0 unspecified atom stereocenters. The third-order valence-corrected chi connectivity index (χ3v) is 6.69. The Kier molecular flexibility index (Phi) is 5.11. The van der Waals surface area contributed by atoms with Crippen LogP contribution in [-0.2, 0) is 9.47 Å². The molecule has 0 radical (unpaired) electrons. The Morgan fingerprint density at radius 1 is 0.939 bits per heavy atom. The average Bonchev–Trinajstić information content (AvgIpc) is 3.51. The molecule has 4 aromatic rings. The zero-order valence-electron chi connectivity index (χ0n) is 18.0. The second kappa shape index (κ2) is 8.15. The van der Waals surface area contributed by atoms with Gasteiger partial charge in [-0.15, -0.1) is 0 Å². The molecule has 0 bridgehead atoms. The van der Waals surface area contributed by atoms with Gasteiger partial charge in [0, 0.05) is 5.56 Å². The Bertz CT molecular complexity index is 1300. The first kappa shape index (κ1) is 20.7. The molecule has 33 heavy (non-hydrogen) atoms.